The first kappa shape index (κ1) is 16.4. The first-order valence-electron chi connectivity index (χ1n) is 6.59. The molecule has 1 aromatic rings. The second-order valence-electron chi connectivity index (χ2n) is 4.71. The molecule has 20 heavy (non-hydrogen) atoms. The number of nitrogens with one attached hydrogen (secondary N) is 2. The van der Waals surface area contributed by atoms with Crippen LogP contribution in [0.25, 0.3) is 0 Å². The number of hydrogen-bond donors (Lipinski definition) is 2. The van der Waals surface area contributed by atoms with Crippen molar-refractivity contribution in [2.45, 2.75) is 46.7 Å². The Hall–Kier alpha value is -1.70. The van der Waals surface area contributed by atoms with Gasteiger partial charge in [-0.05, 0) is 39.4 Å². The van der Waals surface area contributed by atoms with Gasteiger partial charge in [0.1, 0.15) is 11.4 Å². The largest absolute Gasteiger partial charge is 0.361 e. The second-order valence-corrected chi connectivity index (χ2v) is 5.12. The molecule has 0 saturated heterocycles. The first-order valence-corrected chi connectivity index (χ1v) is 7.00. The molecule has 0 saturated carbocycles. The molecule has 1 heterocycles. The van der Waals surface area contributed by atoms with Crippen molar-refractivity contribution in [2.24, 2.45) is 0 Å². The average molecular weight is 299 g/mol. The van der Waals surface area contributed by atoms with Gasteiger partial charge in [-0.2, -0.15) is 5.10 Å². The van der Waals surface area contributed by atoms with E-state index in [0.717, 1.165) is 6.42 Å². The summed E-state index contributed by atoms with van der Waals surface area (Å²) in [5.74, 6) is 0. The smallest absolute Gasteiger partial charge is 0.312 e. The van der Waals surface area contributed by atoms with Crippen LogP contribution in [0.1, 0.15) is 31.7 Å². The van der Waals surface area contributed by atoms with Gasteiger partial charge in [-0.3, -0.25) is 14.8 Å². The minimum atomic E-state index is -0.392. The summed E-state index contributed by atoms with van der Waals surface area (Å²) >= 11 is 5.16. The van der Waals surface area contributed by atoms with Crippen LogP contribution in [-0.4, -0.2) is 32.4 Å². The van der Waals surface area contributed by atoms with E-state index in [2.05, 4.69) is 29.6 Å². The van der Waals surface area contributed by atoms with Crippen LogP contribution in [-0.2, 0) is 6.54 Å². The van der Waals surface area contributed by atoms with Crippen molar-refractivity contribution >= 4 is 23.0 Å². The third kappa shape index (κ3) is 4.16. The molecule has 0 spiro atoms. The van der Waals surface area contributed by atoms with E-state index in [-0.39, 0.29) is 5.69 Å². The molecular weight excluding hydrogens is 278 g/mol. The molecule has 0 radical (unpaired) electrons. The maximum Gasteiger partial charge on any atom is 0.312 e. The first-order chi connectivity index (χ1) is 9.36. The van der Waals surface area contributed by atoms with Crippen LogP contribution >= 0.6 is 12.2 Å². The van der Waals surface area contributed by atoms with Crippen LogP contribution in [0.4, 0.5) is 5.69 Å². The minimum absolute atomic E-state index is 0.0882. The SMILES string of the molecule is CCC(C)NC(=S)NCCn1nc(C)c([N+](=O)[O-])c1C. The highest BCUT2D eigenvalue weighted by Gasteiger charge is 2.21. The molecule has 8 heteroatoms. The summed E-state index contributed by atoms with van der Waals surface area (Å²) in [7, 11) is 0. The van der Waals surface area contributed by atoms with Crippen LogP contribution in [0.3, 0.4) is 0 Å². The second kappa shape index (κ2) is 7.18. The number of nitro groups is 1. The summed E-state index contributed by atoms with van der Waals surface area (Å²) < 4.78 is 1.63. The number of aromatic nitrogens is 2. The Morgan fingerprint density at radius 1 is 1.55 bits per heavy atom. The summed E-state index contributed by atoms with van der Waals surface area (Å²) in [6.45, 7) is 8.58. The van der Waals surface area contributed by atoms with Gasteiger partial charge in [0.05, 0.1) is 11.5 Å². The monoisotopic (exact) mass is 299 g/mol. The average Bonchev–Trinajstić information content (AvgIpc) is 2.64. The fraction of sp³-hybridized carbons (Fsp3) is 0.667. The number of thiocarbonyl (C=S) groups is 1. The third-order valence-corrected chi connectivity index (χ3v) is 3.39. The van der Waals surface area contributed by atoms with Crippen LogP contribution in [0.5, 0.6) is 0 Å². The lowest BCUT2D eigenvalue weighted by molar-refractivity contribution is -0.386. The van der Waals surface area contributed by atoms with E-state index in [9.17, 15) is 10.1 Å². The standard InChI is InChI=1S/C12H21N5O2S/c1-5-8(2)14-12(20)13-6-7-16-10(4)11(17(18)19)9(3)15-16/h8H,5-7H2,1-4H3,(H2,13,14,20). The van der Waals surface area contributed by atoms with Gasteiger partial charge in [-0.15, -0.1) is 0 Å². The van der Waals surface area contributed by atoms with Gasteiger partial charge in [0, 0.05) is 12.6 Å². The van der Waals surface area contributed by atoms with Gasteiger partial charge in [0.15, 0.2) is 5.11 Å². The fourth-order valence-corrected chi connectivity index (χ4v) is 2.12. The predicted molar refractivity (Wildman–Crippen MR) is 81.8 cm³/mol. The highest BCUT2D eigenvalue weighted by atomic mass is 32.1. The summed E-state index contributed by atoms with van der Waals surface area (Å²) in [4.78, 5) is 10.5. The molecule has 112 valence electrons. The Labute approximate surface area is 123 Å². The van der Waals surface area contributed by atoms with Crippen molar-refractivity contribution in [1.29, 1.82) is 0 Å². The van der Waals surface area contributed by atoms with Crippen molar-refractivity contribution in [3.8, 4) is 0 Å². The normalized spacial score (nSPS) is 12.0. The molecule has 0 amide bonds. The molecule has 0 bridgehead atoms. The molecule has 0 fully saturated rings. The minimum Gasteiger partial charge on any atom is -0.361 e. The molecule has 0 aliphatic heterocycles. The Balaban J connectivity index is 2.53. The maximum absolute atomic E-state index is 10.9. The molecule has 0 aliphatic carbocycles. The Bertz CT molecular complexity index is 500. The van der Waals surface area contributed by atoms with E-state index in [1.165, 1.54) is 0 Å². The van der Waals surface area contributed by atoms with Gasteiger partial charge < -0.3 is 10.6 Å². The topological polar surface area (TPSA) is 85.0 Å². The maximum atomic E-state index is 10.9. The number of hydrogen-bond acceptors (Lipinski definition) is 4. The van der Waals surface area contributed by atoms with Crippen molar-refractivity contribution in [2.75, 3.05) is 6.54 Å². The molecule has 2 N–H and O–H groups in total. The molecule has 1 aromatic heterocycles. The van der Waals surface area contributed by atoms with E-state index in [1.54, 1.807) is 18.5 Å². The quantitative estimate of drug-likeness (QED) is 0.472. The summed E-state index contributed by atoms with van der Waals surface area (Å²) in [6.07, 6.45) is 0.992. The zero-order valence-corrected chi connectivity index (χ0v) is 13.1. The zero-order chi connectivity index (χ0) is 15.3. The van der Waals surface area contributed by atoms with Crippen molar-refractivity contribution in [3.63, 3.8) is 0 Å². The highest BCUT2D eigenvalue weighted by molar-refractivity contribution is 7.80. The van der Waals surface area contributed by atoms with Gasteiger partial charge in [0.25, 0.3) is 0 Å². The third-order valence-electron chi connectivity index (χ3n) is 3.12. The van der Waals surface area contributed by atoms with Gasteiger partial charge >= 0.3 is 5.69 Å². The lowest BCUT2D eigenvalue weighted by Crippen LogP contribution is -2.41. The Kier molecular flexibility index (Phi) is 5.87. The molecule has 7 nitrogen and oxygen atoms in total. The molecular formula is C12H21N5O2S. The van der Waals surface area contributed by atoms with Crippen molar-refractivity contribution in [1.82, 2.24) is 20.4 Å². The van der Waals surface area contributed by atoms with Gasteiger partial charge in [-0.1, -0.05) is 6.92 Å². The number of aryl methyl sites for hydroxylation is 1. The predicted octanol–water partition coefficient (Wildman–Crippen LogP) is 1.67. The molecule has 0 aliphatic rings. The fourth-order valence-electron chi connectivity index (χ4n) is 1.82. The van der Waals surface area contributed by atoms with Crippen LogP contribution in [0.2, 0.25) is 0 Å². The van der Waals surface area contributed by atoms with E-state index < -0.39 is 4.92 Å². The summed E-state index contributed by atoms with van der Waals surface area (Å²) in [5, 5.41) is 21.9. The lowest BCUT2D eigenvalue weighted by atomic mass is 10.3. The molecule has 1 unspecified atom stereocenters. The molecule has 1 atom stereocenters. The van der Waals surface area contributed by atoms with E-state index >= 15 is 0 Å². The number of rotatable bonds is 6. The Morgan fingerprint density at radius 2 is 2.20 bits per heavy atom. The van der Waals surface area contributed by atoms with E-state index in [1.807, 2.05) is 0 Å². The highest BCUT2D eigenvalue weighted by Crippen LogP contribution is 2.21. The van der Waals surface area contributed by atoms with Gasteiger partial charge in [-0.25, -0.2) is 0 Å². The van der Waals surface area contributed by atoms with Crippen molar-refractivity contribution in [3.05, 3.63) is 21.5 Å². The zero-order valence-electron chi connectivity index (χ0n) is 12.3. The van der Waals surface area contributed by atoms with Gasteiger partial charge in [0.2, 0.25) is 0 Å². The number of nitrogens with zero attached hydrogens (tertiary/aromatic N) is 3. The van der Waals surface area contributed by atoms with Crippen LogP contribution in [0.15, 0.2) is 0 Å². The summed E-state index contributed by atoms with van der Waals surface area (Å²) in [6, 6.07) is 0.324. The lowest BCUT2D eigenvalue weighted by Gasteiger charge is -2.15. The van der Waals surface area contributed by atoms with E-state index in [0.29, 0.717) is 35.6 Å². The Morgan fingerprint density at radius 3 is 2.70 bits per heavy atom. The van der Waals surface area contributed by atoms with Crippen LogP contribution < -0.4 is 10.6 Å². The molecule has 0 aromatic carbocycles. The van der Waals surface area contributed by atoms with Crippen LogP contribution in [0, 0.1) is 24.0 Å². The summed E-state index contributed by atoms with van der Waals surface area (Å²) in [5.41, 5.74) is 1.09. The van der Waals surface area contributed by atoms with E-state index in [4.69, 9.17) is 12.2 Å². The molecule has 1 rings (SSSR count). The van der Waals surface area contributed by atoms with Crippen molar-refractivity contribution < 1.29 is 4.92 Å².